The quantitative estimate of drug-likeness (QED) is 0.495. The number of nitro groups is 1. The van der Waals surface area contributed by atoms with Gasteiger partial charge in [-0.15, -0.1) is 0 Å². The summed E-state index contributed by atoms with van der Waals surface area (Å²) in [6.07, 6.45) is 1.23. The van der Waals surface area contributed by atoms with Crippen LogP contribution in [-0.2, 0) is 11.3 Å². The molecule has 0 fully saturated rings. The standard InChI is InChI=1S/C15H15N3O5/c1-22-12-5-3-4-10(6-12)8-16-14-13(18(20)21)7-11(9-17-14)15(19)23-2/h3-7,9H,8H2,1-2H3,(H,16,17). The van der Waals surface area contributed by atoms with Gasteiger partial charge in [-0.3, -0.25) is 10.1 Å². The molecule has 0 aliphatic heterocycles. The molecular weight excluding hydrogens is 302 g/mol. The number of carbonyl (C=O) groups is 1. The number of rotatable bonds is 6. The van der Waals surface area contributed by atoms with E-state index in [0.29, 0.717) is 12.3 Å². The van der Waals surface area contributed by atoms with Crippen molar-refractivity contribution in [1.82, 2.24) is 4.98 Å². The fraction of sp³-hybridized carbons (Fsp3) is 0.200. The minimum atomic E-state index is -0.681. The van der Waals surface area contributed by atoms with Crippen LogP contribution in [0.2, 0.25) is 0 Å². The predicted molar refractivity (Wildman–Crippen MR) is 82.6 cm³/mol. The molecule has 0 aliphatic carbocycles. The van der Waals surface area contributed by atoms with Crippen molar-refractivity contribution in [3.8, 4) is 5.75 Å². The van der Waals surface area contributed by atoms with E-state index in [1.54, 1.807) is 13.2 Å². The lowest BCUT2D eigenvalue weighted by Gasteiger charge is -2.08. The summed E-state index contributed by atoms with van der Waals surface area (Å²) in [6.45, 7) is 0.322. The van der Waals surface area contributed by atoms with Crippen LogP contribution in [0, 0.1) is 10.1 Å². The lowest BCUT2D eigenvalue weighted by atomic mass is 10.2. The highest BCUT2D eigenvalue weighted by Crippen LogP contribution is 2.24. The van der Waals surface area contributed by atoms with Gasteiger partial charge in [0, 0.05) is 18.8 Å². The lowest BCUT2D eigenvalue weighted by Crippen LogP contribution is -2.08. The Morgan fingerprint density at radius 3 is 2.78 bits per heavy atom. The lowest BCUT2D eigenvalue weighted by molar-refractivity contribution is -0.384. The first-order valence-corrected chi connectivity index (χ1v) is 6.64. The fourth-order valence-corrected chi connectivity index (χ4v) is 1.93. The monoisotopic (exact) mass is 317 g/mol. The molecule has 0 aliphatic rings. The molecular formula is C15H15N3O5. The van der Waals surface area contributed by atoms with E-state index in [-0.39, 0.29) is 17.1 Å². The van der Waals surface area contributed by atoms with Gasteiger partial charge in [0.2, 0.25) is 5.82 Å². The van der Waals surface area contributed by atoms with E-state index in [9.17, 15) is 14.9 Å². The van der Waals surface area contributed by atoms with Crippen LogP contribution < -0.4 is 10.1 Å². The Kier molecular flexibility index (Phi) is 5.08. The molecule has 1 N–H and O–H groups in total. The Morgan fingerprint density at radius 1 is 1.35 bits per heavy atom. The molecule has 23 heavy (non-hydrogen) atoms. The highest BCUT2D eigenvalue weighted by molar-refractivity contribution is 5.90. The van der Waals surface area contributed by atoms with Gasteiger partial charge in [-0.1, -0.05) is 12.1 Å². The van der Waals surface area contributed by atoms with Crippen molar-refractivity contribution in [2.45, 2.75) is 6.54 Å². The summed E-state index contributed by atoms with van der Waals surface area (Å²) in [6, 6.07) is 8.41. The topological polar surface area (TPSA) is 104 Å². The Labute approximate surface area is 132 Å². The third-order valence-corrected chi connectivity index (χ3v) is 3.08. The summed E-state index contributed by atoms with van der Waals surface area (Å²) in [7, 11) is 2.76. The van der Waals surface area contributed by atoms with Gasteiger partial charge in [0.15, 0.2) is 0 Å². The first-order valence-electron chi connectivity index (χ1n) is 6.64. The van der Waals surface area contributed by atoms with Gasteiger partial charge in [-0.05, 0) is 17.7 Å². The molecule has 0 saturated carbocycles. The first-order chi connectivity index (χ1) is 11.0. The number of anilines is 1. The average Bonchev–Trinajstić information content (AvgIpc) is 2.59. The van der Waals surface area contributed by atoms with Gasteiger partial charge in [0.1, 0.15) is 5.75 Å². The van der Waals surface area contributed by atoms with Crippen molar-refractivity contribution in [1.29, 1.82) is 0 Å². The molecule has 2 aromatic rings. The summed E-state index contributed by atoms with van der Waals surface area (Å²) >= 11 is 0. The van der Waals surface area contributed by atoms with Crippen LogP contribution in [0.1, 0.15) is 15.9 Å². The van der Waals surface area contributed by atoms with E-state index < -0.39 is 10.9 Å². The second kappa shape index (κ2) is 7.21. The number of aromatic nitrogens is 1. The largest absolute Gasteiger partial charge is 0.497 e. The highest BCUT2D eigenvalue weighted by Gasteiger charge is 2.19. The van der Waals surface area contributed by atoms with E-state index >= 15 is 0 Å². The molecule has 1 aromatic heterocycles. The van der Waals surface area contributed by atoms with Crippen molar-refractivity contribution in [2.75, 3.05) is 19.5 Å². The van der Waals surface area contributed by atoms with Crippen LogP contribution in [-0.4, -0.2) is 30.1 Å². The molecule has 0 bridgehead atoms. The van der Waals surface area contributed by atoms with Crippen molar-refractivity contribution in [3.63, 3.8) is 0 Å². The van der Waals surface area contributed by atoms with Crippen molar-refractivity contribution in [3.05, 3.63) is 57.8 Å². The zero-order valence-corrected chi connectivity index (χ0v) is 12.6. The maximum Gasteiger partial charge on any atom is 0.339 e. The molecule has 0 atom stereocenters. The number of hydrogen-bond acceptors (Lipinski definition) is 7. The molecule has 8 nitrogen and oxygen atoms in total. The molecule has 2 rings (SSSR count). The average molecular weight is 317 g/mol. The second-order valence-corrected chi connectivity index (χ2v) is 4.55. The summed E-state index contributed by atoms with van der Waals surface area (Å²) < 4.78 is 9.65. The van der Waals surface area contributed by atoms with Crippen LogP contribution in [0.4, 0.5) is 11.5 Å². The second-order valence-electron chi connectivity index (χ2n) is 4.55. The summed E-state index contributed by atoms with van der Waals surface area (Å²) in [4.78, 5) is 25.9. The third kappa shape index (κ3) is 3.94. The SMILES string of the molecule is COC(=O)c1cnc(NCc2cccc(OC)c2)c([N+](=O)[O-])c1. The highest BCUT2D eigenvalue weighted by atomic mass is 16.6. The van der Waals surface area contributed by atoms with Gasteiger partial charge < -0.3 is 14.8 Å². The van der Waals surface area contributed by atoms with E-state index in [1.165, 1.54) is 13.3 Å². The zero-order chi connectivity index (χ0) is 16.8. The van der Waals surface area contributed by atoms with Crippen LogP contribution >= 0.6 is 0 Å². The van der Waals surface area contributed by atoms with Crippen LogP contribution in [0.15, 0.2) is 36.5 Å². The Bertz CT molecular complexity index is 733. The van der Waals surface area contributed by atoms with Gasteiger partial charge in [-0.25, -0.2) is 9.78 Å². The van der Waals surface area contributed by atoms with Crippen LogP contribution in [0.5, 0.6) is 5.75 Å². The normalized spacial score (nSPS) is 10.0. The number of benzene rings is 1. The number of pyridine rings is 1. The Hall–Kier alpha value is -3.16. The number of esters is 1. The molecule has 0 unspecified atom stereocenters. The molecule has 0 amide bonds. The molecule has 0 spiro atoms. The molecule has 1 heterocycles. The van der Waals surface area contributed by atoms with Crippen LogP contribution in [0.3, 0.4) is 0 Å². The van der Waals surface area contributed by atoms with Crippen LogP contribution in [0.25, 0.3) is 0 Å². The minimum absolute atomic E-state index is 0.0196. The zero-order valence-electron chi connectivity index (χ0n) is 12.6. The summed E-state index contributed by atoms with van der Waals surface area (Å²) in [5.74, 6) is 0.0817. The molecule has 120 valence electrons. The maximum atomic E-state index is 11.4. The number of nitrogens with zero attached hydrogens (tertiary/aromatic N) is 2. The Morgan fingerprint density at radius 2 is 2.13 bits per heavy atom. The number of carbonyl (C=O) groups excluding carboxylic acids is 1. The Balaban J connectivity index is 2.21. The van der Waals surface area contributed by atoms with Crippen molar-refractivity contribution < 1.29 is 19.2 Å². The van der Waals surface area contributed by atoms with E-state index in [2.05, 4.69) is 15.0 Å². The number of methoxy groups -OCH3 is 2. The molecule has 0 radical (unpaired) electrons. The van der Waals surface area contributed by atoms with E-state index in [1.807, 2.05) is 18.2 Å². The molecule has 1 aromatic carbocycles. The summed E-state index contributed by atoms with van der Waals surface area (Å²) in [5.41, 5.74) is 0.597. The van der Waals surface area contributed by atoms with Gasteiger partial charge in [0.05, 0.1) is 24.7 Å². The predicted octanol–water partition coefficient (Wildman–Crippen LogP) is 2.40. The first kappa shape index (κ1) is 16.2. The number of ether oxygens (including phenoxy) is 2. The van der Waals surface area contributed by atoms with Gasteiger partial charge >= 0.3 is 11.7 Å². The maximum absolute atomic E-state index is 11.4. The van der Waals surface area contributed by atoms with Crippen molar-refractivity contribution in [2.24, 2.45) is 0 Å². The van der Waals surface area contributed by atoms with E-state index in [0.717, 1.165) is 11.6 Å². The number of hydrogen-bond donors (Lipinski definition) is 1. The summed E-state index contributed by atoms with van der Waals surface area (Å²) in [5, 5.41) is 14.0. The number of nitrogens with one attached hydrogen (secondary N) is 1. The third-order valence-electron chi connectivity index (χ3n) is 3.08. The van der Waals surface area contributed by atoms with Gasteiger partial charge in [0.25, 0.3) is 0 Å². The smallest absolute Gasteiger partial charge is 0.339 e. The fourth-order valence-electron chi connectivity index (χ4n) is 1.93. The molecule has 8 heteroatoms. The minimum Gasteiger partial charge on any atom is -0.497 e. The van der Waals surface area contributed by atoms with Gasteiger partial charge in [-0.2, -0.15) is 0 Å². The van der Waals surface area contributed by atoms with Crippen molar-refractivity contribution >= 4 is 17.5 Å². The van der Waals surface area contributed by atoms with E-state index in [4.69, 9.17) is 4.74 Å². The molecule has 0 saturated heterocycles.